The van der Waals surface area contributed by atoms with Crippen molar-refractivity contribution in [1.82, 2.24) is 0 Å². The molecule has 20 heavy (non-hydrogen) atoms. The number of aliphatic carboxylic acids is 2. The highest BCUT2D eigenvalue weighted by Crippen LogP contribution is 2.41. The Morgan fingerprint density at radius 2 is 1.30 bits per heavy atom. The van der Waals surface area contributed by atoms with Crippen LogP contribution in [0.3, 0.4) is 0 Å². The first-order chi connectivity index (χ1) is 9.03. The zero-order chi connectivity index (χ0) is 16.2. The van der Waals surface area contributed by atoms with E-state index < -0.39 is 28.4 Å². The van der Waals surface area contributed by atoms with E-state index in [9.17, 15) is 19.8 Å². The maximum absolute atomic E-state index is 11.7. The molecule has 0 aliphatic heterocycles. The van der Waals surface area contributed by atoms with Gasteiger partial charge in [0.25, 0.3) is 0 Å². The first kappa shape index (κ1) is 18.5. The van der Waals surface area contributed by atoms with Crippen LogP contribution in [0.1, 0.15) is 60.8 Å². The highest BCUT2D eigenvalue weighted by Gasteiger charge is 2.50. The lowest BCUT2D eigenvalue weighted by Crippen LogP contribution is -2.49. The average Bonchev–Trinajstić information content (AvgIpc) is 2.42. The topological polar surface area (TPSA) is 99.3 Å². The fourth-order valence-corrected chi connectivity index (χ4v) is 1.84. The third kappa shape index (κ3) is 3.16. The van der Waals surface area contributed by atoms with Crippen LogP contribution in [0.5, 0.6) is 0 Å². The number of carboxylic acids is 2. The largest absolute Gasteiger partial charge is 0.479 e. The van der Waals surface area contributed by atoms with E-state index in [1.54, 1.807) is 6.92 Å². The zero-order valence-electron chi connectivity index (χ0n) is 13.2. The summed E-state index contributed by atoms with van der Waals surface area (Å²) >= 11 is 0. The van der Waals surface area contributed by atoms with Crippen molar-refractivity contribution in [2.45, 2.75) is 71.9 Å². The molecule has 0 aliphatic carbocycles. The van der Waals surface area contributed by atoms with E-state index in [1.807, 2.05) is 20.8 Å². The van der Waals surface area contributed by atoms with Crippen LogP contribution in [0.25, 0.3) is 0 Å². The average molecular weight is 286 g/mol. The molecule has 0 saturated heterocycles. The summed E-state index contributed by atoms with van der Waals surface area (Å²) in [6.45, 7) is 10.3. The summed E-state index contributed by atoms with van der Waals surface area (Å²) < 4.78 is 0. The predicted molar refractivity (Wildman–Crippen MR) is 75.9 cm³/mol. The molecule has 6 nitrogen and oxygen atoms in total. The van der Waals surface area contributed by atoms with Crippen molar-refractivity contribution in [3.8, 4) is 0 Å². The minimum atomic E-state index is -1.44. The first-order valence-electron chi connectivity index (χ1n) is 6.93. The minimum absolute atomic E-state index is 0.247. The fraction of sp³-hybridized carbons (Fsp3) is 0.857. The van der Waals surface area contributed by atoms with Crippen molar-refractivity contribution in [2.24, 2.45) is 15.6 Å². The smallest absolute Gasteiger partial charge is 0.333 e. The third-order valence-corrected chi connectivity index (χ3v) is 4.77. The quantitative estimate of drug-likeness (QED) is 0.668. The Balaban J connectivity index is 5.76. The van der Waals surface area contributed by atoms with Crippen LogP contribution < -0.4 is 0 Å². The van der Waals surface area contributed by atoms with Gasteiger partial charge in [-0.25, -0.2) is 9.59 Å². The van der Waals surface area contributed by atoms with Gasteiger partial charge in [-0.05, 0) is 33.1 Å². The van der Waals surface area contributed by atoms with E-state index in [0.717, 1.165) is 0 Å². The van der Waals surface area contributed by atoms with E-state index in [1.165, 1.54) is 13.8 Å². The monoisotopic (exact) mass is 286 g/mol. The highest BCUT2D eigenvalue weighted by molar-refractivity contribution is 5.80. The Morgan fingerprint density at radius 3 is 1.55 bits per heavy atom. The van der Waals surface area contributed by atoms with Crippen LogP contribution in [0.4, 0.5) is 0 Å². The maximum Gasteiger partial charge on any atom is 0.333 e. The van der Waals surface area contributed by atoms with Crippen molar-refractivity contribution in [3.63, 3.8) is 0 Å². The molecule has 2 N–H and O–H groups in total. The first-order valence-corrected chi connectivity index (χ1v) is 6.93. The molecule has 0 aromatic rings. The molecule has 0 rings (SSSR count). The third-order valence-electron chi connectivity index (χ3n) is 4.77. The summed E-state index contributed by atoms with van der Waals surface area (Å²) in [5.41, 5.74) is -3.42. The number of hydrogen-bond acceptors (Lipinski definition) is 4. The van der Waals surface area contributed by atoms with Gasteiger partial charge < -0.3 is 10.2 Å². The second-order valence-electron chi connectivity index (χ2n) is 5.78. The molecule has 0 bridgehead atoms. The molecule has 0 radical (unpaired) electrons. The Labute approximate surface area is 120 Å². The Kier molecular flexibility index (Phi) is 5.86. The van der Waals surface area contributed by atoms with E-state index in [2.05, 4.69) is 10.2 Å². The number of azo groups is 1. The Morgan fingerprint density at radius 1 is 0.850 bits per heavy atom. The van der Waals surface area contributed by atoms with Crippen molar-refractivity contribution in [1.29, 1.82) is 0 Å². The summed E-state index contributed by atoms with van der Waals surface area (Å²) in [6, 6.07) is 0. The Hall–Kier alpha value is -1.46. The zero-order valence-corrected chi connectivity index (χ0v) is 13.2. The molecule has 116 valence electrons. The van der Waals surface area contributed by atoms with Crippen molar-refractivity contribution < 1.29 is 19.8 Å². The lowest BCUT2D eigenvalue weighted by Gasteiger charge is -2.39. The lowest BCUT2D eigenvalue weighted by atomic mass is 9.68. The molecule has 0 amide bonds. The maximum atomic E-state index is 11.7. The van der Waals surface area contributed by atoms with Crippen LogP contribution in [-0.2, 0) is 9.59 Å². The van der Waals surface area contributed by atoms with Crippen LogP contribution >= 0.6 is 0 Å². The van der Waals surface area contributed by atoms with Gasteiger partial charge in [-0.15, -0.1) is 0 Å². The summed E-state index contributed by atoms with van der Waals surface area (Å²) in [5, 5.41) is 26.6. The van der Waals surface area contributed by atoms with E-state index in [-0.39, 0.29) is 6.42 Å². The van der Waals surface area contributed by atoms with Gasteiger partial charge in [0.15, 0.2) is 11.1 Å². The van der Waals surface area contributed by atoms with Gasteiger partial charge >= 0.3 is 11.9 Å². The van der Waals surface area contributed by atoms with Crippen molar-refractivity contribution in [2.75, 3.05) is 0 Å². The minimum Gasteiger partial charge on any atom is -0.479 e. The van der Waals surface area contributed by atoms with Crippen molar-refractivity contribution in [3.05, 3.63) is 0 Å². The summed E-state index contributed by atoms with van der Waals surface area (Å²) in [7, 11) is 0. The number of hydrogen-bond donors (Lipinski definition) is 2. The summed E-state index contributed by atoms with van der Waals surface area (Å²) in [6.07, 6.45) is 1.47. The molecule has 0 spiro atoms. The van der Waals surface area contributed by atoms with Gasteiger partial charge in [0.05, 0.1) is 0 Å². The second kappa shape index (κ2) is 6.33. The molecule has 0 aromatic heterocycles. The van der Waals surface area contributed by atoms with E-state index in [4.69, 9.17) is 0 Å². The van der Waals surface area contributed by atoms with Gasteiger partial charge in [0, 0.05) is 5.41 Å². The van der Waals surface area contributed by atoms with Gasteiger partial charge in [-0.1, -0.05) is 27.7 Å². The molecule has 2 atom stereocenters. The van der Waals surface area contributed by atoms with Gasteiger partial charge in [-0.2, -0.15) is 10.2 Å². The van der Waals surface area contributed by atoms with Gasteiger partial charge in [-0.3, -0.25) is 0 Å². The molecular formula is C14H26N2O4. The van der Waals surface area contributed by atoms with Gasteiger partial charge in [0.1, 0.15) is 0 Å². The SMILES string of the molecule is CCC(C)(N=NC(C)(C(=O)O)C(C)(CC)CC)C(=O)O. The van der Waals surface area contributed by atoms with E-state index >= 15 is 0 Å². The molecule has 0 aliphatic rings. The molecule has 0 fully saturated rings. The van der Waals surface area contributed by atoms with Crippen LogP contribution in [0.15, 0.2) is 10.2 Å². The highest BCUT2D eigenvalue weighted by atomic mass is 16.4. The van der Waals surface area contributed by atoms with Crippen LogP contribution in [0.2, 0.25) is 0 Å². The predicted octanol–water partition coefficient (Wildman–Crippen LogP) is 3.36. The number of carboxylic acid groups (broad SMARTS) is 2. The van der Waals surface area contributed by atoms with Crippen molar-refractivity contribution >= 4 is 11.9 Å². The lowest BCUT2D eigenvalue weighted by molar-refractivity contribution is -0.149. The van der Waals surface area contributed by atoms with Crippen LogP contribution in [-0.4, -0.2) is 33.2 Å². The summed E-state index contributed by atoms with van der Waals surface area (Å²) in [4.78, 5) is 22.9. The Bertz CT molecular complexity index is 404. The van der Waals surface area contributed by atoms with Crippen LogP contribution in [0, 0.1) is 5.41 Å². The molecule has 0 heterocycles. The standard InChI is InChI=1S/C14H26N2O4/c1-7-12(4,8-2)14(6,11(19)20)16-15-13(5,9-3)10(17)18/h7-9H2,1-6H3,(H,17,18)(H,19,20). The molecule has 6 heteroatoms. The molecule has 0 aromatic carbocycles. The number of carbonyl (C=O) groups is 2. The number of nitrogens with zero attached hydrogens (tertiary/aromatic N) is 2. The fourth-order valence-electron chi connectivity index (χ4n) is 1.84. The van der Waals surface area contributed by atoms with E-state index in [0.29, 0.717) is 12.8 Å². The molecule has 2 unspecified atom stereocenters. The summed E-state index contributed by atoms with van der Waals surface area (Å²) in [5.74, 6) is -2.19. The second-order valence-corrected chi connectivity index (χ2v) is 5.78. The molecule has 0 saturated carbocycles. The molecular weight excluding hydrogens is 260 g/mol. The number of rotatable bonds is 8. The normalized spacial score (nSPS) is 18.5. The van der Waals surface area contributed by atoms with Gasteiger partial charge in [0.2, 0.25) is 0 Å².